The molecule has 5 nitrogen and oxygen atoms in total. The van der Waals surface area contributed by atoms with Crippen molar-refractivity contribution >= 4 is 17.7 Å². The van der Waals surface area contributed by atoms with Gasteiger partial charge in [0.1, 0.15) is 5.78 Å². The minimum absolute atomic E-state index is 0.0127. The number of carbonyl (C=O) groups is 3. The summed E-state index contributed by atoms with van der Waals surface area (Å²) in [4.78, 5) is 33.7. The molecule has 0 unspecified atom stereocenters. The molecule has 0 aliphatic rings. The Hall–Kier alpha value is -1.65. The van der Waals surface area contributed by atoms with Gasteiger partial charge in [0.15, 0.2) is 0 Å². The van der Waals surface area contributed by atoms with Crippen LogP contribution in [-0.2, 0) is 23.9 Å². The first-order valence-electron chi connectivity index (χ1n) is 6.02. The van der Waals surface area contributed by atoms with E-state index in [4.69, 9.17) is 9.47 Å². The summed E-state index contributed by atoms with van der Waals surface area (Å²) in [5.74, 6) is -0.897. The Morgan fingerprint density at radius 2 is 1.61 bits per heavy atom. The topological polar surface area (TPSA) is 69.7 Å². The second-order valence-corrected chi connectivity index (χ2v) is 3.66. The third-order valence-electron chi connectivity index (χ3n) is 2.10. The van der Waals surface area contributed by atoms with Crippen molar-refractivity contribution in [2.24, 2.45) is 0 Å². The fraction of sp³-hybridized carbons (Fsp3) is 0.615. The molecule has 0 aromatic rings. The molecule has 0 saturated heterocycles. The van der Waals surface area contributed by atoms with Crippen LogP contribution in [0.5, 0.6) is 0 Å². The van der Waals surface area contributed by atoms with Crippen LogP contribution in [0.1, 0.15) is 40.0 Å². The maximum Gasteiger partial charge on any atom is 0.333 e. The third kappa shape index (κ3) is 7.60. The van der Waals surface area contributed by atoms with Crippen LogP contribution in [0, 0.1) is 0 Å². The van der Waals surface area contributed by atoms with Gasteiger partial charge in [-0.25, -0.2) is 4.79 Å². The van der Waals surface area contributed by atoms with E-state index in [0.29, 0.717) is 12.2 Å². The van der Waals surface area contributed by atoms with Crippen LogP contribution >= 0.6 is 0 Å². The fourth-order valence-corrected chi connectivity index (χ4v) is 1.25. The molecule has 0 rings (SSSR count). The van der Waals surface area contributed by atoms with Crippen LogP contribution in [0.3, 0.4) is 0 Å². The van der Waals surface area contributed by atoms with Crippen molar-refractivity contribution in [3.05, 3.63) is 11.6 Å². The monoisotopic (exact) mass is 256 g/mol. The highest BCUT2D eigenvalue weighted by atomic mass is 16.5. The first-order chi connectivity index (χ1) is 8.51. The third-order valence-corrected chi connectivity index (χ3v) is 2.10. The largest absolute Gasteiger partial charge is 0.466 e. The average Bonchev–Trinajstić information content (AvgIpc) is 2.29. The molecule has 5 heteroatoms. The van der Waals surface area contributed by atoms with E-state index in [2.05, 4.69) is 0 Å². The molecule has 0 aliphatic carbocycles. The van der Waals surface area contributed by atoms with E-state index in [0.717, 1.165) is 0 Å². The van der Waals surface area contributed by atoms with E-state index in [1.807, 2.05) is 0 Å². The number of rotatable bonds is 8. The molecule has 0 saturated carbocycles. The lowest BCUT2D eigenvalue weighted by Crippen LogP contribution is -2.10. The molecule has 0 spiro atoms. The lowest BCUT2D eigenvalue weighted by molar-refractivity contribution is -0.142. The molecule has 18 heavy (non-hydrogen) atoms. The maximum absolute atomic E-state index is 11.6. The molecular weight excluding hydrogens is 236 g/mol. The van der Waals surface area contributed by atoms with Crippen LogP contribution in [-0.4, -0.2) is 30.9 Å². The van der Waals surface area contributed by atoms with E-state index in [1.54, 1.807) is 13.8 Å². The van der Waals surface area contributed by atoms with E-state index in [9.17, 15) is 14.4 Å². The average molecular weight is 256 g/mol. The number of Topliss-reactive ketones (excluding diaryl/α,β-unsaturated/α-hetero) is 1. The predicted molar refractivity (Wildman–Crippen MR) is 65.9 cm³/mol. The Kier molecular flexibility index (Phi) is 8.53. The molecule has 0 amide bonds. The molecule has 0 fully saturated rings. The van der Waals surface area contributed by atoms with Crippen molar-refractivity contribution in [3.63, 3.8) is 0 Å². The van der Waals surface area contributed by atoms with Crippen molar-refractivity contribution in [2.75, 3.05) is 13.2 Å². The van der Waals surface area contributed by atoms with Gasteiger partial charge in [-0.05, 0) is 27.2 Å². The number of hydrogen-bond acceptors (Lipinski definition) is 5. The highest BCUT2D eigenvalue weighted by Gasteiger charge is 2.12. The molecule has 0 bridgehead atoms. The summed E-state index contributed by atoms with van der Waals surface area (Å²) in [5, 5.41) is 0. The van der Waals surface area contributed by atoms with Crippen LogP contribution in [0.2, 0.25) is 0 Å². The van der Waals surface area contributed by atoms with Crippen molar-refractivity contribution in [2.45, 2.75) is 40.0 Å². The van der Waals surface area contributed by atoms with Gasteiger partial charge in [-0.3, -0.25) is 4.79 Å². The SMILES string of the molecule is CCOC(=O)C/C=C(/CCC(C)=O)C(=O)OCC. The van der Waals surface area contributed by atoms with Gasteiger partial charge >= 0.3 is 11.9 Å². The van der Waals surface area contributed by atoms with E-state index in [1.165, 1.54) is 13.0 Å². The number of ether oxygens (including phenoxy) is 2. The molecule has 0 aromatic heterocycles. The molecule has 0 heterocycles. The van der Waals surface area contributed by atoms with Crippen molar-refractivity contribution in [1.82, 2.24) is 0 Å². The summed E-state index contributed by atoms with van der Waals surface area (Å²) >= 11 is 0. The zero-order valence-electron chi connectivity index (χ0n) is 11.2. The van der Waals surface area contributed by atoms with Crippen LogP contribution in [0.15, 0.2) is 11.6 Å². The quantitative estimate of drug-likeness (QED) is 0.489. The van der Waals surface area contributed by atoms with Gasteiger partial charge in [0.2, 0.25) is 0 Å². The normalized spacial score (nSPS) is 10.9. The summed E-state index contributed by atoms with van der Waals surface area (Å²) in [7, 11) is 0. The van der Waals surface area contributed by atoms with Crippen LogP contribution in [0.25, 0.3) is 0 Å². The van der Waals surface area contributed by atoms with Gasteiger partial charge < -0.3 is 14.3 Å². The Labute approximate surface area is 107 Å². The van der Waals surface area contributed by atoms with Gasteiger partial charge in [0.25, 0.3) is 0 Å². The molecular formula is C13H20O5. The van der Waals surface area contributed by atoms with Crippen molar-refractivity contribution in [3.8, 4) is 0 Å². The summed E-state index contributed by atoms with van der Waals surface area (Å²) in [6, 6.07) is 0. The molecule has 0 aromatic carbocycles. The van der Waals surface area contributed by atoms with E-state index >= 15 is 0 Å². The molecule has 0 aliphatic heterocycles. The van der Waals surface area contributed by atoms with Gasteiger partial charge in [-0.15, -0.1) is 0 Å². The standard InChI is InChI=1S/C13H20O5/c1-4-17-12(15)9-8-11(7-6-10(3)14)13(16)18-5-2/h8H,4-7,9H2,1-3H3/b11-8-. The fourth-order valence-electron chi connectivity index (χ4n) is 1.25. The first-order valence-corrected chi connectivity index (χ1v) is 6.02. The van der Waals surface area contributed by atoms with Gasteiger partial charge in [-0.2, -0.15) is 0 Å². The second kappa shape index (κ2) is 9.39. The number of ketones is 1. The lowest BCUT2D eigenvalue weighted by atomic mass is 10.1. The molecule has 0 N–H and O–H groups in total. The van der Waals surface area contributed by atoms with E-state index in [-0.39, 0.29) is 31.7 Å². The summed E-state index contributed by atoms with van der Waals surface area (Å²) < 4.78 is 9.61. The Bertz CT molecular complexity index is 330. The molecule has 0 atom stereocenters. The van der Waals surface area contributed by atoms with E-state index < -0.39 is 11.9 Å². The minimum Gasteiger partial charge on any atom is -0.466 e. The Balaban J connectivity index is 4.52. The number of carbonyl (C=O) groups excluding carboxylic acids is 3. The lowest BCUT2D eigenvalue weighted by Gasteiger charge is -2.06. The highest BCUT2D eigenvalue weighted by Crippen LogP contribution is 2.10. The van der Waals surface area contributed by atoms with Crippen molar-refractivity contribution < 1.29 is 23.9 Å². The number of esters is 2. The summed E-state index contributed by atoms with van der Waals surface area (Å²) in [6.07, 6.45) is 2.03. The molecule has 102 valence electrons. The predicted octanol–water partition coefficient (Wildman–Crippen LogP) is 1.80. The second-order valence-electron chi connectivity index (χ2n) is 3.66. The smallest absolute Gasteiger partial charge is 0.333 e. The number of hydrogen-bond donors (Lipinski definition) is 0. The summed E-state index contributed by atoms with van der Waals surface area (Å²) in [6.45, 7) is 5.42. The van der Waals surface area contributed by atoms with Crippen LogP contribution < -0.4 is 0 Å². The zero-order chi connectivity index (χ0) is 14.0. The van der Waals surface area contributed by atoms with Crippen molar-refractivity contribution in [1.29, 1.82) is 0 Å². The zero-order valence-corrected chi connectivity index (χ0v) is 11.2. The Morgan fingerprint density at radius 3 is 2.11 bits per heavy atom. The minimum atomic E-state index is -0.483. The highest BCUT2D eigenvalue weighted by molar-refractivity contribution is 5.90. The van der Waals surface area contributed by atoms with Crippen LogP contribution in [0.4, 0.5) is 0 Å². The first kappa shape index (κ1) is 16.4. The Morgan fingerprint density at radius 1 is 1.00 bits per heavy atom. The maximum atomic E-state index is 11.6. The van der Waals surface area contributed by atoms with Gasteiger partial charge in [0.05, 0.1) is 19.6 Å². The van der Waals surface area contributed by atoms with Gasteiger partial charge in [-0.1, -0.05) is 6.08 Å². The van der Waals surface area contributed by atoms with Gasteiger partial charge in [0, 0.05) is 12.0 Å². The molecule has 0 radical (unpaired) electrons. The summed E-state index contributed by atoms with van der Waals surface area (Å²) in [5.41, 5.74) is 0.347.